The van der Waals surface area contributed by atoms with Crippen LogP contribution in [-0.2, 0) is 7.05 Å². The molecule has 0 aromatic carbocycles. The van der Waals surface area contributed by atoms with Crippen molar-refractivity contribution >= 4 is 39.2 Å². The highest BCUT2D eigenvalue weighted by molar-refractivity contribution is 7.10. The molecule has 3 aromatic heterocycles. The number of nitrogens with one attached hydrogen (secondary N) is 2. The molecule has 22 heavy (non-hydrogen) atoms. The van der Waals surface area contributed by atoms with Gasteiger partial charge in [-0.25, -0.2) is 4.98 Å². The number of amides is 1. The second kappa shape index (κ2) is 5.38. The average Bonchev–Trinajstić information content (AvgIpc) is 2.99. The zero-order chi connectivity index (χ0) is 15.9. The Morgan fingerprint density at radius 1 is 1.32 bits per heavy atom. The fourth-order valence-electron chi connectivity index (χ4n) is 2.38. The highest BCUT2D eigenvalue weighted by atomic mass is 32.1. The number of fused-ring (bicyclic) bond motifs is 1. The third-order valence-electron chi connectivity index (χ3n) is 3.44. The van der Waals surface area contributed by atoms with Crippen LogP contribution in [0.5, 0.6) is 0 Å². The third-order valence-corrected chi connectivity index (χ3v) is 4.39. The molecule has 0 radical (unpaired) electrons. The molecule has 0 saturated carbocycles. The van der Waals surface area contributed by atoms with Gasteiger partial charge in [0.25, 0.3) is 5.91 Å². The minimum Gasteiger partial charge on any atom is -0.378 e. The summed E-state index contributed by atoms with van der Waals surface area (Å²) in [5, 5.41) is 11.9. The van der Waals surface area contributed by atoms with Crippen molar-refractivity contribution in [2.75, 3.05) is 17.7 Å². The van der Waals surface area contributed by atoms with Crippen LogP contribution in [0.3, 0.4) is 0 Å². The standard InChI is InChI=1S/C14H16N6OS/c1-7-10-5-9(6-16-12(10)20(4)18-7)17-13(21)11-8(2)19-22-14(11)15-3/h5-6,15H,1-4H3,(H,17,21). The van der Waals surface area contributed by atoms with Crippen molar-refractivity contribution in [3.63, 3.8) is 0 Å². The molecule has 3 rings (SSSR count). The quantitative estimate of drug-likeness (QED) is 0.774. The molecular formula is C14H16N6OS. The first-order chi connectivity index (χ1) is 10.5. The number of anilines is 2. The predicted molar refractivity (Wildman–Crippen MR) is 87.6 cm³/mol. The van der Waals surface area contributed by atoms with Crippen LogP contribution in [0.1, 0.15) is 21.7 Å². The first-order valence-corrected chi connectivity index (χ1v) is 7.53. The Bertz CT molecular complexity index is 866. The van der Waals surface area contributed by atoms with E-state index in [4.69, 9.17) is 0 Å². The average molecular weight is 316 g/mol. The molecular weight excluding hydrogens is 300 g/mol. The summed E-state index contributed by atoms with van der Waals surface area (Å²) in [6.45, 7) is 3.74. The van der Waals surface area contributed by atoms with Gasteiger partial charge in [0.15, 0.2) is 5.65 Å². The monoisotopic (exact) mass is 316 g/mol. The number of aromatic nitrogens is 4. The molecule has 7 nitrogen and oxygen atoms in total. The molecule has 2 N–H and O–H groups in total. The maximum atomic E-state index is 12.5. The molecule has 0 fully saturated rings. The van der Waals surface area contributed by atoms with Crippen LogP contribution in [0.4, 0.5) is 10.7 Å². The van der Waals surface area contributed by atoms with Gasteiger partial charge in [0.1, 0.15) is 5.00 Å². The van der Waals surface area contributed by atoms with Crippen LogP contribution in [0, 0.1) is 13.8 Å². The van der Waals surface area contributed by atoms with Gasteiger partial charge in [-0.15, -0.1) is 0 Å². The number of pyridine rings is 1. The first-order valence-electron chi connectivity index (χ1n) is 6.76. The maximum absolute atomic E-state index is 12.5. The molecule has 0 bridgehead atoms. The summed E-state index contributed by atoms with van der Waals surface area (Å²) >= 11 is 1.27. The highest BCUT2D eigenvalue weighted by Gasteiger charge is 2.18. The molecule has 114 valence electrons. The van der Waals surface area contributed by atoms with Crippen LogP contribution in [-0.4, -0.2) is 32.1 Å². The summed E-state index contributed by atoms with van der Waals surface area (Å²) in [4.78, 5) is 16.8. The summed E-state index contributed by atoms with van der Waals surface area (Å²) in [6, 6.07) is 1.89. The second-order valence-electron chi connectivity index (χ2n) is 4.98. The fraction of sp³-hybridized carbons (Fsp3) is 0.286. The van der Waals surface area contributed by atoms with Gasteiger partial charge < -0.3 is 10.6 Å². The zero-order valence-electron chi connectivity index (χ0n) is 12.8. The van der Waals surface area contributed by atoms with Crippen molar-refractivity contribution in [2.45, 2.75) is 13.8 Å². The van der Waals surface area contributed by atoms with Crippen LogP contribution in [0.25, 0.3) is 11.0 Å². The van der Waals surface area contributed by atoms with Gasteiger partial charge in [0.2, 0.25) is 0 Å². The van der Waals surface area contributed by atoms with Crippen molar-refractivity contribution in [1.82, 2.24) is 19.1 Å². The van der Waals surface area contributed by atoms with Crippen molar-refractivity contribution in [1.29, 1.82) is 0 Å². The normalized spacial score (nSPS) is 10.9. The topological polar surface area (TPSA) is 84.7 Å². The number of hydrogen-bond donors (Lipinski definition) is 2. The van der Waals surface area contributed by atoms with E-state index in [0.717, 1.165) is 21.7 Å². The molecule has 0 saturated heterocycles. The summed E-state index contributed by atoms with van der Waals surface area (Å²) in [6.07, 6.45) is 1.63. The summed E-state index contributed by atoms with van der Waals surface area (Å²) < 4.78 is 5.93. The predicted octanol–water partition coefficient (Wildman–Crippen LogP) is 2.34. The highest BCUT2D eigenvalue weighted by Crippen LogP contribution is 2.25. The van der Waals surface area contributed by atoms with Gasteiger partial charge in [-0.2, -0.15) is 9.47 Å². The van der Waals surface area contributed by atoms with Crippen LogP contribution in [0.2, 0.25) is 0 Å². The molecule has 0 atom stereocenters. The summed E-state index contributed by atoms with van der Waals surface area (Å²) in [5.41, 5.74) is 3.58. The zero-order valence-corrected chi connectivity index (χ0v) is 13.6. The van der Waals surface area contributed by atoms with E-state index in [1.54, 1.807) is 17.9 Å². The van der Waals surface area contributed by atoms with Crippen molar-refractivity contribution < 1.29 is 4.79 Å². The first kappa shape index (κ1) is 14.5. The Labute approximate surface area is 131 Å². The van der Waals surface area contributed by atoms with Crippen molar-refractivity contribution in [3.8, 4) is 0 Å². The molecule has 3 heterocycles. The lowest BCUT2D eigenvalue weighted by molar-refractivity contribution is 0.102. The van der Waals surface area contributed by atoms with E-state index < -0.39 is 0 Å². The Kier molecular flexibility index (Phi) is 3.53. The van der Waals surface area contributed by atoms with E-state index in [2.05, 4.69) is 25.1 Å². The van der Waals surface area contributed by atoms with E-state index >= 15 is 0 Å². The van der Waals surface area contributed by atoms with Gasteiger partial charge >= 0.3 is 0 Å². The van der Waals surface area contributed by atoms with Gasteiger partial charge in [0, 0.05) is 19.5 Å². The summed E-state index contributed by atoms with van der Waals surface area (Å²) in [7, 11) is 3.62. The largest absolute Gasteiger partial charge is 0.378 e. The molecule has 1 amide bonds. The molecule has 8 heteroatoms. The Morgan fingerprint density at radius 3 is 2.82 bits per heavy atom. The molecule has 0 spiro atoms. The smallest absolute Gasteiger partial charge is 0.260 e. The van der Waals surface area contributed by atoms with Gasteiger partial charge in [0.05, 0.1) is 28.8 Å². The Hall–Kier alpha value is -2.48. The number of aryl methyl sites for hydroxylation is 3. The lowest BCUT2D eigenvalue weighted by Crippen LogP contribution is -2.14. The van der Waals surface area contributed by atoms with Gasteiger partial charge in [-0.3, -0.25) is 9.48 Å². The van der Waals surface area contributed by atoms with E-state index in [0.29, 0.717) is 16.9 Å². The molecule has 0 aliphatic rings. The SMILES string of the molecule is CNc1snc(C)c1C(=O)Nc1cnc2c(c1)c(C)nn2C. The number of hydrogen-bond acceptors (Lipinski definition) is 6. The Balaban J connectivity index is 1.94. The minimum absolute atomic E-state index is 0.196. The maximum Gasteiger partial charge on any atom is 0.260 e. The fourth-order valence-corrected chi connectivity index (χ4v) is 3.12. The van der Waals surface area contributed by atoms with Crippen LogP contribution >= 0.6 is 11.5 Å². The minimum atomic E-state index is -0.196. The van der Waals surface area contributed by atoms with Crippen molar-refractivity contribution in [2.24, 2.45) is 7.05 Å². The molecule has 3 aromatic rings. The number of carbonyl (C=O) groups excluding carboxylic acids is 1. The van der Waals surface area contributed by atoms with Crippen LogP contribution in [0.15, 0.2) is 12.3 Å². The lowest BCUT2D eigenvalue weighted by Gasteiger charge is -2.06. The molecule has 0 unspecified atom stereocenters. The third kappa shape index (κ3) is 2.31. The van der Waals surface area contributed by atoms with E-state index in [-0.39, 0.29) is 5.91 Å². The van der Waals surface area contributed by atoms with E-state index in [9.17, 15) is 4.79 Å². The molecule has 0 aliphatic carbocycles. The number of nitrogens with zero attached hydrogens (tertiary/aromatic N) is 4. The van der Waals surface area contributed by atoms with Gasteiger partial charge in [-0.1, -0.05) is 0 Å². The Morgan fingerprint density at radius 2 is 2.09 bits per heavy atom. The second-order valence-corrected chi connectivity index (χ2v) is 5.75. The number of carbonyl (C=O) groups is 1. The van der Waals surface area contributed by atoms with Crippen LogP contribution < -0.4 is 10.6 Å². The van der Waals surface area contributed by atoms with E-state index in [1.807, 2.05) is 27.0 Å². The molecule has 0 aliphatic heterocycles. The number of rotatable bonds is 3. The van der Waals surface area contributed by atoms with Crippen molar-refractivity contribution in [3.05, 3.63) is 29.2 Å². The lowest BCUT2D eigenvalue weighted by atomic mass is 10.2. The summed E-state index contributed by atoms with van der Waals surface area (Å²) in [5.74, 6) is -0.196. The van der Waals surface area contributed by atoms with E-state index in [1.165, 1.54) is 11.5 Å². The van der Waals surface area contributed by atoms with Gasteiger partial charge in [-0.05, 0) is 31.4 Å².